The van der Waals surface area contributed by atoms with Crippen LogP contribution in [-0.2, 0) is 20.9 Å². The maximum Gasteiger partial charge on any atom is 0.326 e. The fourth-order valence-corrected chi connectivity index (χ4v) is 3.15. The van der Waals surface area contributed by atoms with Crippen LogP contribution in [0.3, 0.4) is 0 Å². The summed E-state index contributed by atoms with van der Waals surface area (Å²) in [7, 11) is 0. The fourth-order valence-electron chi connectivity index (χ4n) is 2.97. The highest BCUT2D eigenvalue weighted by molar-refractivity contribution is 6.31. The number of carbonyl (C=O) groups is 2. The Morgan fingerprint density at radius 3 is 2.84 bits per heavy atom. The first-order valence-corrected chi connectivity index (χ1v) is 9.53. The molecule has 0 saturated carbocycles. The van der Waals surface area contributed by atoms with Gasteiger partial charge in [-0.1, -0.05) is 23.7 Å². The second-order valence-electron chi connectivity index (χ2n) is 6.70. The van der Waals surface area contributed by atoms with Crippen LogP contribution in [0.25, 0.3) is 22.1 Å². The Labute approximate surface area is 179 Å². The minimum absolute atomic E-state index is 0.0236. The number of para-hydroxylation sites is 1. The number of amides is 1. The summed E-state index contributed by atoms with van der Waals surface area (Å²) in [6.45, 7) is 0.903. The number of hydrogen-bond donors (Lipinski definition) is 1. The normalized spacial score (nSPS) is 12.1. The van der Waals surface area contributed by atoms with E-state index in [9.17, 15) is 18.8 Å². The third-order valence-corrected chi connectivity index (χ3v) is 4.80. The number of fused-ring (bicyclic) bond motifs is 3. The lowest BCUT2D eigenvalue weighted by Crippen LogP contribution is -2.33. The highest BCUT2D eigenvalue weighted by atomic mass is 35.5. The SMILES string of the molecule is CC(OC(=O)Cn1cnc2c(oc3ccccc32)c1=O)C(=O)Nc1ccc(F)c(Cl)c1. The minimum Gasteiger partial charge on any atom is -0.451 e. The number of furan rings is 1. The number of benzene rings is 2. The zero-order valence-corrected chi connectivity index (χ0v) is 16.9. The third kappa shape index (κ3) is 4.13. The van der Waals surface area contributed by atoms with Gasteiger partial charge < -0.3 is 14.5 Å². The van der Waals surface area contributed by atoms with E-state index in [-0.39, 0.29) is 16.3 Å². The lowest BCUT2D eigenvalue weighted by Gasteiger charge is -2.14. The van der Waals surface area contributed by atoms with Crippen LogP contribution < -0.4 is 10.9 Å². The summed E-state index contributed by atoms with van der Waals surface area (Å²) < 4.78 is 24.9. The predicted molar refractivity (Wildman–Crippen MR) is 111 cm³/mol. The maximum atomic E-state index is 13.2. The molecule has 10 heteroatoms. The van der Waals surface area contributed by atoms with Crippen LogP contribution in [0.1, 0.15) is 6.92 Å². The van der Waals surface area contributed by atoms with Gasteiger partial charge in [0.15, 0.2) is 6.10 Å². The summed E-state index contributed by atoms with van der Waals surface area (Å²) in [5, 5.41) is 3.00. The van der Waals surface area contributed by atoms with E-state index < -0.39 is 35.9 Å². The van der Waals surface area contributed by atoms with Crippen LogP contribution in [0.4, 0.5) is 10.1 Å². The van der Waals surface area contributed by atoms with Crippen molar-refractivity contribution in [3.63, 3.8) is 0 Å². The van der Waals surface area contributed by atoms with Gasteiger partial charge in [0.05, 0.1) is 11.3 Å². The van der Waals surface area contributed by atoms with Gasteiger partial charge in [-0.15, -0.1) is 0 Å². The van der Waals surface area contributed by atoms with Crippen molar-refractivity contribution < 1.29 is 23.1 Å². The Morgan fingerprint density at radius 2 is 2.06 bits per heavy atom. The van der Waals surface area contributed by atoms with Gasteiger partial charge >= 0.3 is 5.97 Å². The molecule has 31 heavy (non-hydrogen) atoms. The van der Waals surface area contributed by atoms with Crippen molar-refractivity contribution >= 4 is 51.2 Å². The van der Waals surface area contributed by atoms with Crippen LogP contribution in [0.15, 0.2) is 58.0 Å². The number of anilines is 1. The zero-order chi connectivity index (χ0) is 22.1. The van der Waals surface area contributed by atoms with Crippen LogP contribution in [-0.4, -0.2) is 27.5 Å². The minimum atomic E-state index is -1.17. The second-order valence-corrected chi connectivity index (χ2v) is 7.11. The van der Waals surface area contributed by atoms with E-state index >= 15 is 0 Å². The lowest BCUT2D eigenvalue weighted by molar-refractivity contribution is -0.153. The van der Waals surface area contributed by atoms with Gasteiger partial charge in [0.2, 0.25) is 5.58 Å². The Kier molecular flexibility index (Phi) is 5.43. The van der Waals surface area contributed by atoms with Crippen molar-refractivity contribution in [1.82, 2.24) is 9.55 Å². The number of ether oxygens (including phenoxy) is 1. The molecule has 1 unspecified atom stereocenters. The average molecular weight is 444 g/mol. The standard InChI is InChI=1S/C21H15ClFN3O5/c1-11(20(28)25-12-6-7-15(23)14(22)8-12)30-17(27)9-26-10-24-18-13-4-2-3-5-16(13)31-19(18)21(26)29/h2-8,10-11H,9H2,1H3,(H,25,28). The molecule has 0 radical (unpaired) electrons. The summed E-state index contributed by atoms with van der Waals surface area (Å²) >= 11 is 5.68. The van der Waals surface area contributed by atoms with Gasteiger partial charge in [0, 0.05) is 11.1 Å². The number of esters is 1. The topological polar surface area (TPSA) is 103 Å². The first-order valence-electron chi connectivity index (χ1n) is 9.15. The number of nitrogens with zero attached hydrogens (tertiary/aromatic N) is 2. The maximum absolute atomic E-state index is 13.2. The molecule has 0 spiro atoms. The van der Waals surface area contributed by atoms with Gasteiger partial charge in [0.25, 0.3) is 11.5 Å². The van der Waals surface area contributed by atoms with Gasteiger partial charge in [-0.25, -0.2) is 9.37 Å². The van der Waals surface area contributed by atoms with Crippen molar-refractivity contribution in [3.8, 4) is 0 Å². The molecule has 1 atom stereocenters. The monoisotopic (exact) mass is 443 g/mol. The Balaban J connectivity index is 1.45. The quantitative estimate of drug-likeness (QED) is 0.473. The number of halogens is 2. The van der Waals surface area contributed by atoms with Gasteiger partial charge in [-0.05, 0) is 37.3 Å². The van der Waals surface area contributed by atoms with E-state index in [0.717, 1.165) is 10.6 Å². The number of rotatable bonds is 5. The Bertz CT molecular complexity index is 1380. The van der Waals surface area contributed by atoms with Crippen molar-refractivity contribution in [2.24, 2.45) is 0 Å². The van der Waals surface area contributed by atoms with Gasteiger partial charge in [-0.2, -0.15) is 0 Å². The van der Waals surface area contributed by atoms with E-state index in [1.807, 2.05) is 0 Å². The molecule has 0 fully saturated rings. The van der Waals surface area contributed by atoms with Gasteiger partial charge in [-0.3, -0.25) is 19.0 Å². The zero-order valence-electron chi connectivity index (χ0n) is 16.1. The van der Waals surface area contributed by atoms with Crippen LogP contribution in [0.2, 0.25) is 5.02 Å². The fraction of sp³-hybridized carbons (Fsp3) is 0.143. The largest absolute Gasteiger partial charge is 0.451 e. The summed E-state index contributed by atoms with van der Waals surface area (Å²) in [4.78, 5) is 41.3. The first-order chi connectivity index (χ1) is 14.8. The predicted octanol–water partition coefficient (Wildman–Crippen LogP) is 3.51. The van der Waals surface area contributed by atoms with Crippen molar-refractivity contribution in [2.45, 2.75) is 19.6 Å². The summed E-state index contributed by atoms with van der Waals surface area (Å²) in [6, 6.07) is 10.7. The van der Waals surface area contributed by atoms with E-state index in [4.69, 9.17) is 20.8 Å². The molecule has 8 nitrogen and oxygen atoms in total. The molecule has 4 aromatic rings. The molecule has 4 rings (SSSR count). The number of hydrogen-bond acceptors (Lipinski definition) is 6. The molecule has 1 N–H and O–H groups in total. The Morgan fingerprint density at radius 1 is 1.29 bits per heavy atom. The smallest absolute Gasteiger partial charge is 0.326 e. The van der Waals surface area contributed by atoms with Crippen molar-refractivity contribution in [3.05, 3.63) is 70.0 Å². The molecule has 0 saturated heterocycles. The van der Waals surface area contributed by atoms with Crippen molar-refractivity contribution in [2.75, 3.05) is 5.32 Å². The molecule has 0 aliphatic rings. The lowest BCUT2D eigenvalue weighted by atomic mass is 10.2. The van der Waals surface area contributed by atoms with Crippen LogP contribution >= 0.6 is 11.6 Å². The molecule has 158 valence electrons. The van der Waals surface area contributed by atoms with Crippen LogP contribution in [0, 0.1) is 5.82 Å². The third-order valence-electron chi connectivity index (χ3n) is 4.51. The molecule has 2 heterocycles. The molecular formula is C21H15ClFN3O5. The number of aromatic nitrogens is 2. The average Bonchev–Trinajstić information content (AvgIpc) is 3.12. The molecule has 2 aromatic heterocycles. The molecular weight excluding hydrogens is 429 g/mol. The Hall–Kier alpha value is -3.72. The van der Waals surface area contributed by atoms with Gasteiger partial charge in [0.1, 0.15) is 23.5 Å². The summed E-state index contributed by atoms with van der Waals surface area (Å²) in [5.41, 5.74) is 0.631. The highest BCUT2D eigenvalue weighted by Gasteiger charge is 2.20. The molecule has 0 aliphatic heterocycles. The molecule has 1 amide bonds. The number of carbonyl (C=O) groups excluding carboxylic acids is 2. The molecule has 2 aromatic carbocycles. The van der Waals surface area contributed by atoms with E-state index in [1.165, 1.54) is 25.4 Å². The van der Waals surface area contributed by atoms with Crippen molar-refractivity contribution in [1.29, 1.82) is 0 Å². The molecule has 0 bridgehead atoms. The highest BCUT2D eigenvalue weighted by Crippen LogP contribution is 2.24. The second kappa shape index (κ2) is 8.19. The summed E-state index contributed by atoms with van der Waals surface area (Å²) in [6.07, 6.45) is 0.0500. The summed E-state index contributed by atoms with van der Waals surface area (Å²) in [5.74, 6) is -2.09. The van der Waals surface area contributed by atoms with E-state index in [0.29, 0.717) is 16.5 Å². The number of nitrogens with one attached hydrogen (secondary N) is 1. The van der Waals surface area contributed by atoms with Crippen LogP contribution in [0.5, 0.6) is 0 Å². The van der Waals surface area contributed by atoms with E-state index in [1.54, 1.807) is 24.3 Å². The first kappa shape index (κ1) is 20.5. The van der Waals surface area contributed by atoms with E-state index in [2.05, 4.69) is 10.3 Å². The molecule has 0 aliphatic carbocycles.